The number of methoxy groups -OCH3 is 1. The van der Waals surface area contributed by atoms with Gasteiger partial charge in [0.25, 0.3) is 0 Å². The summed E-state index contributed by atoms with van der Waals surface area (Å²) in [7, 11) is 1.65. The van der Waals surface area contributed by atoms with Gasteiger partial charge in [-0.25, -0.2) is 0 Å². The Labute approximate surface area is 84.3 Å². The van der Waals surface area contributed by atoms with Gasteiger partial charge in [0, 0.05) is 7.11 Å². The van der Waals surface area contributed by atoms with Crippen LogP contribution in [0.3, 0.4) is 0 Å². The molecule has 0 heterocycles. The van der Waals surface area contributed by atoms with Crippen LogP contribution in [0.1, 0.15) is 12.5 Å². The average molecular weight is 196 g/mol. The summed E-state index contributed by atoms with van der Waals surface area (Å²) in [6.07, 6.45) is 0.0416. The van der Waals surface area contributed by atoms with Crippen molar-refractivity contribution in [3.63, 3.8) is 0 Å². The van der Waals surface area contributed by atoms with Gasteiger partial charge in [-0.3, -0.25) is 0 Å². The molecule has 0 bridgehead atoms. The Morgan fingerprint density at radius 2 is 1.93 bits per heavy atom. The van der Waals surface area contributed by atoms with Crippen LogP contribution in [-0.4, -0.2) is 24.9 Å². The lowest BCUT2D eigenvalue weighted by Crippen LogP contribution is -2.17. The molecule has 3 nitrogen and oxygen atoms in total. The fourth-order valence-electron chi connectivity index (χ4n) is 1.17. The first-order chi connectivity index (χ1) is 6.76. The van der Waals surface area contributed by atoms with Gasteiger partial charge in [0.2, 0.25) is 0 Å². The maximum Gasteiger partial charge on any atom is 0.119 e. The first-order valence-corrected chi connectivity index (χ1v) is 4.61. The average Bonchev–Trinajstić information content (AvgIpc) is 2.19. The summed E-state index contributed by atoms with van der Waals surface area (Å²) >= 11 is 0. The van der Waals surface area contributed by atoms with Crippen molar-refractivity contribution in [3.8, 4) is 5.75 Å². The Kier molecular flexibility index (Phi) is 4.43. The Morgan fingerprint density at radius 1 is 1.29 bits per heavy atom. The van der Waals surface area contributed by atoms with E-state index in [-0.39, 0.29) is 12.7 Å². The minimum absolute atomic E-state index is 0.0416. The van der Waals surface area contributed by atoms with Crippen molar-refractivity contribution in [2.24, 2.45) is 0 Å². The minimum Gasteiger partial charge on any atom is -0.488 e. The summed E-state index contributed by atoms with van der Waals surface area (Å²) in [6.45, 7) is 2.58. The monoisotopic (exact) mass is 196 g/mol. The van der Waals surface area contributed by atoms with Crippen LogP contribution >= 0.6 is 0 Å². The fourth-order valence-corrected chi connectivity index (χ4v) is 1.17. The van der Waals surface area contributed by atoms with E-state index in [9.17, 15) is 0 Å². The number of hydrogen-bond acceptors (Lipinski definition) is 3. The van der Waals surface area contributed by atoms with E-state index < -0.39 is 0 Å². The molecule has 0 aliphatic heterocycles. The Bertz CT molecular complexity index is 256. The predicted octanol–water partition coefficient (Wildman–Crippen LogP) is 1.59. The molecule has 0 aliphatic carbocycles. The van der Waals surface area contributed by atoms with E-state index in [0.717, 1.165) is 11.3 Å². The highest BCUT2D eigenvalue weighted by atomic mass is 16.5. The molecule has 3 heteroatoms. The van der Waals surface area contributed by atoms with E-state index in [1.165, 1.54) is 0 Å². The lowest BCUT2D eigenvalue weighted by atomic mass is 10.2. The van der Waals surface area contributed by atoms with Gasteiger partial charge in [-0.1, -0.05) is 12.1 Å². The molecular formula is C11H16O3. The molecule has 1 rings (SSSR count). The molecule has 0 saturated carbocycles. The normalized spacial score (nSPS) is 12.5. The quantitative estimate of drug-likeness (QED) is 0.777. The van der Waals surface area contributed by atoms with Crippen LogP contribution in [0.15, 0.2) is 24.3 Å². The third-order valence-electron chi connectivity index (χ3n) is 1.84. The van der Waals surface area contributed by atoms with E-state index in [4.69, 9.17) is 14.6 Å². The van der Waals surface area contributed by atoms with Gasteiger partial charge < -0.3 is 14.6 Å². The summed E-state index contributed by atoms with van der Waals surface area (Å²) < 4.78 is 10.5. The van der Waals surface area contributed by atoms with Crippen LogP contribution in [-0.2, 0) is 11.3 Å². The van der Waals surface area contributed by atoms with Crippen molar-refractivity contribution in [3.05, 3.63) is 29.8 Å². The summed E-state index contributed by atoms with van der Waals surface area (Å²) in [4.78, 5) is 0. The highest BCUT2D eigenvalue weighted by molar-refractivity contribution is 5.26. The van der Waals surface area contributed by atoms with Gasteiger partial charge >= 0.3 is 0 Å². The van der Waals surface area contributed by atoms with Gasteiger partial charge in [0.05, 0.1) is 13.2 Å². The molecular weight excluding hydrogens is 180 g/mol. The molecule has 1 N–H and O–H groups in total. The summed E-state index contributed by atoms with van der Waals surface area (Å²) in [5.41, 5.74) is 0.886. The number of aliphatic hydroxyl groups excluding tert-OH is 1. The lowest BCUT2D eigenvalue weighted by molar-refractivity contribution is 0.0920. The van der Waals surface area contributed by atoms with Crippen LogP contribution in [0, 0.1) is 0 Å². The van der Waals surface area contributed by atoms with Gasteiger partial charge in [0.1, 0.15) is 11.9 Å². The van der Waals surface area contributed by atoms with Crippen molar-refractivity contribution in [2.75, 3.05) is 13.7 Å². The van der Waals surface area contributed by atoms with Crippen molar-refractivity contribution in [2.45, 2.75) is 19.6 Å². The van der Waals surface area contributed by atoms with Crippen molar-refractivity contribution < 1.29 is 14.6 Å². The van der Waals surface area contributed by atoms with Crippen molar-refractivity contribution in [1.82, 2.24) is 0 Å². The Balaban J connectivity index is 2.50. The zero-order valence-electron chi connectivity index (χ0n) is 8.56. The Morgan fingerprint density at radius 3 is 2.43 bits per heavy atom. The molecule has 78 valence electrons. The first-order valence-electron chi connectivity index (χ1n) is 4.61. The molecule has 0 aromatic heterocycles. The predicted molar refractivity (Wildman–Crippen MR) is 54.3 cm³/mol. The SMILES string of the molecule is COCC(C)Oc1ccc(CO)cc1. The van der Waals surface area contributed by atoms with E-state index in [1.54, 1.807) is 7.11 Å². The van der Waals surface area contributed by atoms with Gasteiger partial charge in [-0.15, -0.1) is 0 Å². The van der Waals surface area contributed by atoms with Crippen LogP contribution in [0.25, 0.3) is 0 Å². The van der Waals surface area contributed by atoms with Gasteiger partial charge in [-0.05, 0) is 24.6 Å². The van der Waals surface area contributed by atoms with Crippen LogP contribution in [0.4, 0.5) is 0 Å². The molecule has 1 aromatic rings. The van der Waals surface area contributed by atoms with Crippen LogP contribution < -0.4 is 4.74 Å². The second-order valence-electron chi connectivity index (χ2n) is 3.19. The number of aliphatic hydroxyl groups is 1. The minimum atomic E-state index is 0.0416. The third-order valence-corrected chi connectivity index (χ3v) is 1.84. The number of benzene rings is 1. The second kappa shape index (κ2) is 5.62. The van der Waals surface area contributed by atoms with E-state index >= 15 is 0 Å². The molecule has 14 heavy (non-hydrogen) atoms. The molecule has 0 fully saturated rings. The maximum atomic E-state index is 8.83. The molecule has 0 spiro atoms. The maximum absolute atomic E-state index is 8.83. The fraction of sp³-hybridized carbons (Fsp3) is 0.455. The zero-order valence-corrected chi connectivity index (χ0v) is 8.56. The number of hydrogen-bond donors (Lipinski definition) is 1. The molecule has 1 aromatic carbocycles. The standard InChI is InChI=1S/C11H16O3/c1-9(8-13-2)14-11-5-3-10(7-12)4-6-11/h3-6,9,12H,7-8H2,1-2H3. The lowest BCUT2D eigenvalue weighted by Gasteiger charge is -2.13. The van der Waals surface area contributed by atoms with Crippen LogP contribution in [0.5, 0.6) is 5.75 Å². The topological polar surface area (TPSA) is 38.7 Å². The number of ether oxygens (including phenoxy) is 2. The summed E-state index contributed by atoms with van der Waals surface area (Å²) in [5.74, 6) is 0.798. The Hall–Kier alpha value is -1.06. The molecule has 0 amide bonds. The zero-order chi connectivity index (χ0) is 10.4. The largest absolute Gasteiger partial charge is 0.488 e. The molecule has 0 radical (unpaired) electrons. The summed E-state index contributed by atoms with van der Waals surface area (Å²) in [5, 5.41) is 8.83. The smallest absolute Gasteiger partial charge is 0.119 e. The van der Waals surface area contributed by atoms with E-state index in [2.05, 4.69) is 0 Å². The third kappa shape index (κ3) is 3.36. The van der Waals surface area contributed by atoms with Gasteiger partial charge in [-0.2, -0.15) is 0 Å². The van der Waals surface area contributed by atoms with Crippen LogP contribution in [0.2, 0.25) is 0 Å². The molecule has 0 aliphatic rings. The van der Waals surface area contributed by atoms with E-state index in [1.807, 2.05) is 31.2 Å². The summed E-state index contributed by atoms with van der Waals surface area (Å²) in [6, 6.07) is 7.37. The highest BCUT2D eigenvalue weighted by Gasteiger charge is 2.02. The van der Waals surface area contributed by atoms with Crippen molar-refractivity contribution >= 4 is 0 Å². The van der Waals surface area contributed by atoms with Crippen molar-refractivity contribution in [1.29, 1.82) is 0 Å². The number of rotatable bonds is 5. The molecule has 0 saturated heterocycles. The first kappa shape index (κ1) is 11.0. The highest BCUT2D eigenvalue weighted by Crippen LogP contribution is 2.13. The molecule has 1 atom stereocenters. The molecule has 1 unspecified atom stereocenters. The van der Waals surface area contributed by atoms with E-state index in [0.29, 0.717) is 6.61 Å². The second-order valence-corrected chi connectivity index (χ2v) is 3.19. The van der Waals surface area contributed by atoms with Gasteiger partial charge in [0.15, 0.2) is 0 Å².